The molecule has 680 valence electrons. The van der Waals surface area contributed by atoms with E-state index in [9.17, 15) is 63.4 Å². The summed E-state index contributed by atoms with van der Waals surface area (Å²) in [5, 5.41) is 50.7. The molecule has 132 heavy (non-hydrogen) atoms. The second-order valence-corrected chi connectivity index (χ2v) is 33.8. The lowest BCUT2D eigenvalue weighted by Crippen LogP contribution is -2.59. The Morgan fingerprint density at radius 2 is 0.848 bits per heavy atom. The van der Waals surface area contributed by atoms with Gasteiger partial charge in [0, 0.05) is 88.3 Å². The lowest BCUT2D eigenvalue weighted by Gasteiger charge is -2.45. The SMILES string of the molecule is C=CC(=O)N1CCN(c2nc(=O)n(-c3c(C)ccnc3C(C)C)c3nc(-c4c(O)cccc4F)c(F)cc23)C(CSC)C1.C=CC(=O)N1C[C@H](C)N(c2nc(=O)n(-c3c(C)ccnc3C(C)C)c3nc(-c4c(O)cccc4F)c(F)cc23)CC1/C=C/C#N.C=CC(=O)N1C[C@H](C)N(c2nc(=O)n(-c3c(C)ccnc3C(C)C)c3nc(-c4c(O)cccc4F)c(F)cc23)CC1CC#N. The van der Waals surface area contributed by atoms with Crippen LogP contribution in [0, 0.1) is 78.3 Å². The minimum atomic E-state index is -0.947. The Labute approximate surface area is 759 Å². The summed E-state index contributed by atoms with van der Waals surface area (Å²) in [5.41, 5.74) is 0.237. The van der Waals surface area contributed by atoms with Crippen molar-refractivity contribution in [1.82, 2.24) is 73.3 Å². The number of piperazine rings is 3. The van der Waals surface area contributed by atoms with Gasteiger partial charge in [0.25, 0.3) is 0 Å². The number of halogens is 6. The molecule has 0 bridgehead atoms. The summed E-state index contributed by atoms with van der Waals surface area (Å²) in [5.74, 6) is -7.15. The second kappa shape index (κ2) is 39.6. The van der Waals surface area contributed by atoms with Crippen molar-refractivity contribution in [2.45, 2.75) is 131 Å². The van der Waals surface area contributed by atoms with Gasteiger partial charge >= 0.3 is 17.1 Å². The molecular formula is C96H94F6N20O9S. The summed E-state index contributed by atoms with van der Waals surface area (Å²) in [7, 11) is 0. The third kappa shape index (κ3) is 18.3. The van der Waals surface area contributed by atoms with Gasteiger partial charge in [0.15, 0.2) is 34.4 Å². The van der Waals surface area contributed by atoms with Crippen molar-refractivity contribution in [2.24, 2.45) is 0 Å². The van der Waals surface area contributed by atoms with Crippen LogP contribution in [0.5, 0.6) is 17.2 Å². The number of pyridine rings is 6. The van der Waals surface area contributed by atoms with E-state index in [1.807, 2.05) is 79.5 Å². The van der Waals surface area contributed by atoms with Gasteiger partial charge in [0.2, 0.25) is 17.7 Å². The van der Waals surface area contributed by atoms with Crippen molar-refractivity contribution in [3.8, 4) is 80.2 Å². The average molecular weight is 1820 g/mol. The third-order valence-electron chi connectivity index (χ3n) is 23.3. The summed E-state index contributed by atoms with van der Waals surface area (Å²) in [6, 6.07) is 21.3. The Morgan fingerprint density at radius 3 is 1.20 bits per heavy atom. The zero-order chi connectivity index (χ0) is 95.4. The minimum absolute atomic E-state index is 0.00768. The number of fused-ring (bicyclic) bond motifs is 3. The molecule has 3 N–H and O–H groups in total. The number of anilines is 3. The normalized spacial score (nSPS) is 16.3. The number of phenols is 3. The van der Waals surface area contributed by atoms with Crippen LogP contribution in [0.25, 0.3) is 83.9 Å². The van der Waals surface area contributed by atoms with Gasteiger partial charge in [0.05, 0.1) is 104 Å². The van der Waals surface area contributed by atoms with Crippen molar-refractivity contribution in [1.29, 1.82) is 10.5 Å². The van der Waals surface area contributed by atoms with Crippen LogP contribution in [-0.4, -0.2) is 194 Å². The van der Waals surface area contributed by atoms with Gasteiger partial charge in [-0.1, -0.05) is 79.5 Å². The second-order valence-electron chi connectivity index (χ2n) is 32.9. The summed E-state index contributed by atoms with van der Waals surface area (Å²) >= 11 is 1.57. The van der Waals surface area contributed by atoms with Crippen molar-refractivity contribution < 1.29 is 56.0 Å². The molecule has 3 aromatic carbocycles. The Morgan fingerprint density at radius 1 is 0.485 bits per heavy atom. The van der Waals surface area contributed by atoms with Gasteiger partial charge in [-0.2, -0.15) is 37.2 Å². The number of rotatable bonds is 19. The molecule has 0 saturated carbocycles. The Balaban J connectivity index is 0.000000168. The molecule has 36 heteroatoms. The van der Waals surface area contributed by atoms with Crippen LogP contribution in [0.4, 0.5) is 43.8 Å². The number of aryl methyl sites for hydroxylation is 3. The molecule has 5 atom stereocenters. The molecular weight excluding hydrogens is 1720 g/mol. The van der Waals surface area contributed by atoms with Crippen molar-refractivity contribution in [3.05, 3.63) is 260 Å². The number of phenolic OH excluding ortho intramolecular Hbond substituents is 3. The molecule has 0 spiro atoms. The zero-order valence-electron chi connectivity index (χ0n) is 74.3. The number of nitriles is 2. The van der Waals surface area contributed by atoms with Crippen molar-refractivity contribution >= 4 is 80.0 Å². The smallest absolute Gasteiger partial charge is 0.355 e. The molecule has 9 aromatic heterocycles. The fraction of sp³-hybridized carbons (Fsp3) is 0.302. The molecule has 3 amide bonds. The first-order valence-corrected chi connectivity index (χ1v) is 43.6. The number of hydrogen-bond donors (Lipinski definition) is 3. The molecule has 3 aliphatic heterocycles. The highest BCUT2D eigenvalue weighted by Crippen LogP contribution is 2.43. The van der Waals surface area contributed by atoms with E-state index in [-0.39, 0.29) is 125 Å². The van der Waals surface area contributed by atoms with Gasteiger partial charge in [0.1, 0.15) is 69.2 Å². The lowest BCUT2D eigenvalue weighted by atomic mass is 10.0. The lowest BCUT2D eigenvalue weighted by molar-refractivity contribution is -0.129. The predicted octanol–water partition coefficient (Wildman–Crippen LogP) is 14.5. The van der Waals surface area contributed by atoms with Gasteiger partial charge < -0.3 is 44.7 Å². The Hall–Kier alpha value is -14.9. The van der Waals surface area contributed by atoms with Gasteiger partial charge in [-0.05, 0) is 172 Å². The van der Waals surface area contributed by atoms with E-state index in [1.165, 1.54) is 80.5 Å². The maximum absolute atomic E-state index is 16.0. The molecule has 0 aliphatic carbocycles. The van der Waals surface area contributed by atoms with Crippen LogP contribution < -0.4 is 31.8 Å². The van der Waals surface area contributed by atoms with E-state index in [0.29, 0.717) is 70.7 Å². The molecule has 0 radical (unpaired) electrons. The Kier molecular flexibility index (Phi) is 28.4. The summed E-state index contributed by atoms with van der Waals surface area (Å²) in [6.45, 7) is 33.0. The number of hydrogen-bond acceptors (Lipinski definition) is 24. The fourth-order valence-corrected chi connectivity index (χ4v) is 17.7. The average Bonchev–Trinajstić information content (AvgIpc) is 0.739. The monoisotopic (exact) mass is 1820 g/mol. The van der Waals surface area contributed by atoms with E-state index in [0.717, 1.165) is 35.9 Å². The van der Waals surface area contributed by atoms with E-state index in [2.05, 4.69) is 70.7 Å². The van der Waals surface area contributed by atoms with E-state index in [4.69, 9.17) is 0 Å². The zero-order valence-corrected chi connectivity index (χ0v) is 75.1. The molecule has 15 rings (SSSR count). The van der Waals surface area contributed by atoms with Crippen molar-refractivity contribution in [2.75, 3.05) is 72.5 Å². The third-order valence-corrected chi connectivity index (χ3v) is 24.0. The number of carbonyl (C=O) groups excluding carboxylic acids is 3. The first kappa shape index (κ1) is 94.7. The number of carbonyl (C=O) groups is 3. The van der Waals surface area contributed by atoms with Crippen LogP contribution >= 0.6 is 11.8 Å². The molecule has 3 saturated heterocycles. The molecule has 12 heterocycles. The summed E-state index contributed by atoms with van der Waals surface area (Å²) in [4.78, 5) is 130. The largest absolute Gasteiger partial charge is 0.507 e. The van der Waals surface area contributed by atoms with Crippen LogP contribution in [-0.2, 0) is 14.4 Å². The highest BCUT2D eigenvalue weighted by Gasteiger charge is 2.40. The number of aromatic nitrogens is 12. The van der Waals surface area contributed by atoms with Gasteiger partial charge in [-0.3, -0.25) is 29.3 Å². The quantitative estimate of drug-likeness (QED) is 0.0384. The predicted molar refractivity (Wildman–Crippen MR) is 493 cm³/mol. The summed E-state index contributed by atoms with van der Waals surface area (Å²) in [6.07, 6.45) is 13.3. The van der Waals surface area contributed by atoms with E-state index >= 15 is 17.6 Å². The number of thioether (sulfide) groups is 1. The van der Waals surface area contributed by atoms with Gasteiger partial charge in [-0.15, -0.1) is 0 Å². The van der Waals surface area contributed by atoms with Crippen LogP contribution in [0.15, 0.2) is 174 Å². The highest BCUT2D eigenvalue weighted by atomic mass is 32.2. The molecule has 3 unspecified atom stereocenters. The highest BCUT2D eigenvalue weighted by molar-refractivity contribution is 7.98. The fourth-order valence-electron chi connectivity index (χ4n) is 17.0. The van der Waals surface area contributed by atoms with Gasteiger partial charge in [-0.25, -0.2) is 69.4 Å². The van der Waals surface area contributed by atoms with Crippen LogP contribution in [0.2, 0.25) is 0 Å². The van der Waals surface area contributed by atoms with Crippen molar-refractivity contribution in [3.63, 3.8) is 0 Å². The van der Waals surface area contributed by atoms with E-state index < -0.39 is 127 Å². The maximum Gasteiger partial charge on any atom is 0.355 e. The number of benzene rings is 3. The topological polar surface area (TPSA) is 361 Å². The first-order valence-electron chi connectivity index (χ1n) is 42.2. The number of aromatic hydroxyl groups is 3. The molecule has 29 nitrogen and oxygen atoms in total. The number of nitrogens with zero attached hydrogens (tertiary/aromatic N) is 20. The van der Waals surface area contributed by atoms with Crippen LogP contribution in [0.3, 0.4) is 0 Å². The van der Waals surface area contributed by atoms with Crippen LogP contribution in [0.1, 0.15) is 113 Å². The molecule has 12 aromatic rings. The number of amides is 3. The molecule has 3 fully saturated rings. The summed E-state index contributed by atoms with van der Waals surface area (Å²) < 4.78 is 96.6. The Bertz CT molecular complexity index is 6890. The first-order chi connectivity index (χ1) is 63.0. The molecule has 3 aliphatic rings. The maximum atomic E-state index is 16.0. The van der Waals surface area contributed by atoms with E-state index in [1.54, 1.807) is 93.0 Å². The minimum Gasteiger partial charge on any atom is -0.507 e. The number of allylic oxidation sites excluding steroid dienone is 1. The standard InChI is InChI=1S/C33H31F2N7O3.C32H31F2N7O3.C31H32F2N6O3S/c1-6-26(44)41-16-20(5)40(17-21(41)9-8-13-36)31-22-15-24(35)29(27-23(34)10-7-11-25(27)43)38-32(22)42(33(45)39-31)30-19(4)12-14-37-28(30)18(2)3;1-6-25(43)40-15-19(5)39(16-20(40)10-12-35)30-21-14-23(34)28(26-22(33)8-7-9-24(26)42)37-31(21)41(32(44)38-30)29-18(4)11-13-36-27(29)17(2)3;1-6-24(41)37-12-13-38(19(15-37)16-43-5)29-20-14-22(33)27(25-21(32)8-7-9-23(25)40)35-30(20)39(31(42)36-29)28-18(4)10-11-34-26(28)17(2)3/h6-12,14-15,18,20-21,43H,1,16-17H2,2-5H3;6-9,11,13-14,17,19-20,42H,1,10,15-16H2,2-5H3;6-11,14,17,19,40H,1,12-13,15-16H2,2-5H3/b9-8+;;/t20-,21?;19-,20?;/m00./s1.